The quantitative estimate of drug-likeness (QED) is 0.656. The van der Waals surface area contributed by atoms with Crippen LogP contribution >= 0.6 is 0 Å². The summed E-state index contributed by atoms with van der Waals surface area (Å²) in [6, 6.07) is 20.7. The lowest BCUT2D eigenvalue weighted by atomic mass is 10.1. The highest BCUT2D eigenvalue weighted by Gasteiger charge is 2.10. The van der Waals surface area contributed by atoms with E-state index < -0.39 is 0 Å². The minimum atomic E-state index is 0.0441. The van der Waals surface area contributed by atoms with Crippen molar-refractivity contribution in [2.45, 2.75) is 13.0 Å². The third kappa shape index (κ3) is 2.50. The van der Waals surface area contributed by atoms with Crippen LogP contribution in [0.25, 0.3) is 10.9 Å². The predicted octanol–water partition coefficient (Wildman–Crippen LogP) is 3.80. The average Bonchev–Trinajstić information content (AvgIpc) is 2.49. The fourth-order valence-corrected chi connectivity index (χ4v) is 2.40. The summed E-state index contributed by atoms with van der Waals surface area (Å²) >= 11 is 0. The molecule has 20 heavy (non-hydrogen) atoms. The molecule has 2 heteroatoms. The Morgan fingerprint density at radius 2 is 1.75 bits per heavy atom. The molecule has 0 amide bonds. The van der Waals surface area contributed by atoms with Gasteiger partial charge in [-0.15, -0.1) is 0 Å². The van der Waals surface area contributed by atoms with Crippen molar-refractivity contribution >= 4 is 10.9 Å². The number of fused-ring (bicyclic) bond motifs is 1. The van der Waals surface area contributed by atoms with Gasteiger partial charge in [-0.1, -0.05) is 30.3 Å². The number of nitrogens with zero attached hydrogens (tertiary/aromatic N) is 1. The second kappa shape index (κ2) is 5.33. The van der Waals surface area contributed by atoms with Crippen LogP contribution in [0.2, 0.25) is 0 Å². The first-order valence-electron chi connectivity index (χ1n) is 6.84. The predicted molar refractivity (Wildman–Crippen MR) is 80.6 cm³/mol. The molecule has 0 bridgehead atoms. The molecule has 2 nitrogen and oxygen atoms in total. The van der Waals surface area contributed by atoms with Gasteiger partial charge < -0.3 is 4.74 Å². The summed E-state index contributed by atoms with van der Waals surface area (Å²) in [6.07, 6.45) is 2.09. The molecule has 100 valence electrons. The third-order valence-electron chi connectivity index (χ3n) is 3.55. The summed E-state index contributed by atoms with van der Waals surface area (Å²) in [5.74, 6) is 0.899. The molecule has 0 aliphatic carbocycles. The van der Waals surface area contributed by atoms with Crippen molar-refractivity contribution in [3.8, 4) is 5.75 Å². The van der Waals surface area contributed by atoms with Crippen LogP contribution in [0.4, 0.5) is 0 Å². The number of aromatic nitrogens is 1. The second-order valence-electron chi connectivity index (χ2n) is 5.01. The Kier molecular flexibility index (Phi) is 3.38. The summed E-state index contributed by atoms with van der Waals surface area (Å²) in [6.45, 7) is 2.07. The molecule has 0 spiro atoms. The number of benzene rings is 2. The summed E-state index contributed by atoms with van der Waals surface area (Å²) in [5, 5.41) is 1.22. The topological polar surface area (TPSA) is 13.1 Å². The summed E-state index contributed by atoms with van der Waals surface area (Å²) in [7, 11) is 2.05. The van der Waals surface area contributed by atoms with Gasteiger partial charge in [0.2, 0.25) is 5.52 Å². The van der Waals surface area contributed by atoms with Crippen molar-refractivity contribution in [3.63, 3.8) is 0 Å². The van der Waals surface area contributed by atoms with Gasteiger partial charge in [0.1, 0.15) is 18.9 Å². The number of rotatable bonds is 3. The van der Waals surface area contributed by atoms with Crippen molar-refractivity contribution in [2.75, 3.05) is 0 Å². The standard InChI is InChI=1S/C18H18NO/c1-14(15-7-4-3-5-8-15)20-17-11-10-16-9-6-12-19(2)18(16)13-17/h3-14H,1-2H3/q+1/t14-/m0/s1. The highest BCUT2D eigenvalue weighted by molar-refractivity contribution is 5.76. The molecule has 0 N–H and O–H groups in total. The van der Waals surface area contributed by atoms with E-state index in [-0.39, 0.29) is 6.10 Å². The molecule has 0 radical (unpaired) electrons. The van der Waals surface area contributed by atoms with Gasteiger partial charge in [0.05, 0.1) is 6.07 Å². The SMILES string of the molecule is C[C@H](Oc1ccc2ccc[n+](C)c2c1)c1ccccc1. The normalized spacial score (nSPS) is 12.3. The highest BCUT2D eigenvalue weighted by Crippen LogP contribution is 2.24. The van der Waals surface area contributed by atoms with Crippen LogP contribution in [0, 0.1) is 0 Å². The number of ether oxygens (including phenoxy) is 1. The van der Waals surface area contributed by atoms with E-state index in [0.717, 1.165) is 5.75 Å². The van der Waals surface area contributed by atoms with Crippen LogP contribution in [0.1, 0.15) is 18.6 Å². The summed E-state index contributed by atoms with van der Waals surface area (Å²) in [5.41, 5.74) is 2.36. The zero-order valence-electron chi connectivity index (χ0n) is 11.8. The van der Waals surface area contributed by atoms with Crippen LogP contribution in [0.3, 0.4) is 0 Å². The largest absolute Gasteiger partial charge is 0.486 e. The van der Waals surface area contributed by atoms with Crippen molar-refractivity contribution in [1.29, 1.82) is 0 Å². The fourth-order valence-electron chi connectivity index (χ4n) is 2.40. The van der Waals surface area contributed by atoms with E-state index in [1.807, 2.05) is 37.5 Å². The van der Waals surface area contributed by atoms with Crippen molar-refractivity contribution in [3.05, 3.63) is 72.4 Å². The molecule has 0 saturated carbocycles. The molecule has 0 fully saturated rings. The van der Waals surface area contributed by atoms with E-state index in [1.54, 1.807) is 0 Å². The number of hydrogen-bond acceptors (Lipinski definition) is 1. The summed E-state index contributed by atoms with van der Waals surface area (Å²) in [4.78, 5) is 0. The smallest absolute Gasteiger partial charge is 0.215 e. The number of hydrogen-bond donors (Lipinski definition) is 0. The van der Waals surface area contributed by atoms with E-state index in [1.165, 1.54) is 16.5 Å². The Morgan fingerprint density at radius 1 is 0.950 bits per heavy atom. The van der Waals surface area contributed by atoms with Gasteiger partial charge in [-0.2, -0.15) is 0 Å². The molecule has 0 aliphatic heterocycles. The molecule has 0 saturated heterocycles. The van der Waals surface area contributed by atoms with Crippen LogP contribution in [-0.4, -0.2) is 0 Å². The lowest BCUT2D eigenvalue weighted by molar-refractivity contribution is -0.644. The minimum absolute atomic E-state index is 0.0441. The van der Waals surface area contributed by atoms with E-state index >= 15 is 0 Å². The molecule has 3 rings (SSSR count). The highest BCUT2D eigenvalue weighted by atomic mass is 16.5. The first kappa shape index (κ1) is 12.7. The Morgan fingerprint density at radius 3 is 2.55 bits per heavy atom. The van der Waals surface area contributed by atoms with E-state index in [0.29, 0.717) is 0 Å². The number of aryl methyl sites for hydroxylation is 1. The van der Waals surface area contributed by atoms with Gasteiger partial charge in [-0.05, 0) is 30.7 Å². The van der Waals surface area contributed by atoms with E-state index in [9.17, 15) is 0 Å². The minimum Gasteiger partial charge on any atom is -0.486 e. The average molecular weight is 264 g/mol. The van der Waals surface area contributed by atoms with Crippen molar-refractivity contribution in [1.82, 2.24) is 0 Å². The maximum absolute atomic E-state index is 6.05. The van der Waals surface area contributed by atoms with Gasteiger partial charge in [-0.25, -0.2) is 4.57 Å². The molecular weight excluding hydrogens is 246 g/mol. The molecule has 0 unspecified atom stereocenters. The fraction of sp³-hybridized carbons (Fsp3) is 0.167. The van der Waals surface area contributed by atoms with Gasteiger partial charge >= 0.3 is 0 Å². The monoisotopic (exact) mass is 264 g/mol. The van der Waals surface area contributed by atoms with Gasteiger partial charge in [0.25, 0.3) is 0 Å². The zero-order valence-corrected chi connectivity index (χ0v) is 11.8. The Hall–Kier alpha value is -2.35. The van der Waals surface area contributed by atoms with Crippen molar-refractivity contribution in [2.24, 2.45) is 7.05 Å². The second-order valence-corrected chi connectivity index (χ2v) is 5.01. The molecule has 1 atom stereocenters. The van der Waals surface area contributed by atoms with Crippen LogP contribution in [0.5, 0.6) is 5.75 Å². The molecule has 1 aromatic heterocycles. The Labute approximate surface area is 119 Å². The van der Waals surface area contributed by atoms with Gasteiger partial charge in [0, 0.05) is 11.5 Å². The van der Waals surface area contributed by atoms with Crippen LogP contribution in [0.15, 0.2) is 66.9 Å². The first-order chi connectivity index (χ1) is 9.74. The molecule has 0 aliphatic rings. The molecule has 3 aromatic rings. The third-order valence-corrected chi connectivity index (χ3v) is 3.55. The van der Waals surface area contributed by atoms with Gasteiger partial charge in [-0.3, -0.25) is 0 Å². The number of pyridine rings is 1. The Balaban J connectivity index is 1.90. The molecule has 1 heterocycles. The lowest BCUT2D eigenvalue weighted by Crippen LogP contribution is -2.27. The maximum atomic E-state index is 6.05. The first-order valence-corrected chi connectivity index (χ1v) is 6.84. The summed E-state index contributed by atoms with van der Waals surface area (Å²) < 4.78 is 8.16. The Bertz CT molecular complexity index is 722. The van der Waals surface area contributed by atoms with Gasteiger partial charge in [0.15, 0.2) is 6.20 Å². The van der Waals surface area contributed by atoms with Crippen LogP contribution in [-0.2, 0) is 7.05 Å². The zero-order chi connectivity index (χ0) is 13.9. The van der Waals surface area contributed by atoms with Crippen molar-refractivity contribution < 1.29 is 9.30 Å². The molecule has 2 aromatic carbocycles. The lowest BCUT2D eigenvalue weighted by Gasteiger charge is -2.15. The van der Waals surface area contributed by atoms with E-state index in [4.69, 9.17) is 4.74 Å². The van der Waals surface area contributed by atoms with E-state index in [2.05, 4.69) is 47.9 Å². The van der Waals surface area contributed by atoms with Crippen LogP contribution < -0.4 is 9.30 Å². The maximum Gasteiger partial charge on any atom is 0.215 e. The molecular formula is C18H18NO+.